The lowest BCUT2D eigenvalue weighted by molar-refractivity contribution is 0.505. The molecule has 0 saturated carbocycles. The van der Waals surface area contributed by atoms with E-state index in [1.807, 2.05) is 30.9 Å². The molecule has 1 aliphatic heterocycles. The monoisotopic (exact) mass is 305 g/mol. The van der Waals surface area contributed by atoms with Crippen LogP contribution in [0.1, 0.15) is 29.4 Å². The molecule has 3 nitrogen and oxygen atoms in total. The fourth-order valence-corrected chi connectivity index (χ4v) is 3.60. The summed E-state index contributed by atoms with van der Waals surface area (Å²) in [6.45, 7) is 2.68. The van der Waals surface area contributed by atoms with Crippen molar-refractivity contribution in [1.82, 2.24) is 15.3 Å². The minimum atomic E-state index is 0.341. The Bertz CT molecular complexity index is 601. The average molecular weight is 306 g/mol. The summed E-state index contributed by atoms with van der Waals surface area (Å²) in [5.74, 6) is 1.13. The van der Waals surface area contributed by atoms with E-state index in [4.69, 9.17) is 11.6 Å². The van der Waals surface area contributed by atoms with Gasteiger partial charge < -0.3 is 5.32 Å². The SMILES string of the molecule is Cc1cnc(CNC2CCSc3ccc(Cl)cc32)cn1. The summed E-state index contributed by atoms with van der Waals surface area (Å²) < 4.78 is 0. The van der Waals surface area contributed by atoms with Gasteiger partial charge in [0.05, 0.1) is 11.4 Å². The molecule has 1 unspecified atom stereocenters. The van der Waals surface area contributed by atoms with Gasteiger partial charge in [0, 0.05) is 34.9 Å². The lowest BCUT2D eigenvalue weighted by Crippen LogP contribution is -2.24. The number of hydrogen-bond acceptors (Lipinski definition) is 4. The molecule has 1 aliphatic rings. The van der Waals surface area contributed by atoms with Crippen molar-refractivity contribution < 1.29 is 0 Å². The maximum Gasteiger partial charge on any atom is 0.0724 e. The average Bonchev–Trinajstić information content (AvgIpc) is 2.47. The lowest BCUT2D eigenvalue weighted by Gasteiger charge is -2.26. The van der Waals surface area contributed by atoms with Crippen molar-refractivity contribution in [2.75, 3.05) is 5.75 Å². The Hall–Kier alpha value is -1.10. The molecule has 0 fully saturated rings. The van der Waals surface area contributed by atoms with Crippen LogP contribution in [0.25, 0.3) is 0 Å². The molecule has 20 heavy (non-hydrogen) atoms. The van der Waals surface area contributed by atoms with E-state index >= 15 is 0 Å². The van der Waals surface area contributed by atoms with Gasteiger partial charge in [-0.2, -0.15) is 0 Å². The molecule has 5 heteroatoms. The highest BCUT2D eigenvalue weighted by Gasteiger charge is 2.20. The fourth-order valence-electron chi connectivity index (χ4n) is 2.32. The van der Waals surface area contributed by atoms with Gasteiger partial charge in [0.25, 0.3) is 0 Å². The zero-order chi connectivity index (χ0) is 13.9. The first kappa shape index (κ1) is 13.9. The normalized spacial score (nSPS) is 17.8. The second-order valence-electron chi connectivity index (χ2n) is 4.90. The summed E-state index contributed by atoms with van der Waals surface area (Å²) in [7, 11) is 0. The van der Waals surface area contributed by atoms with Crippen LogP contribution in [-0.4, -0.2) is 15.7 Å². The van der Waals surface area contributed by atoms with Gasteiger partial charge in [0.1, 0.15) is 0 Å². The summed E-state index contributed by atoms with van der Waals surface area (Å²) in [5.41, 5.74) is 3.21. The first-order valence-corrected chi connectivity index (χ1v) is 8.02. The van der Waals surface area contributed by atoms with Crippen molar-refractivity contribution >= 4 is 23.4 Å². The Balaban J connectivity index is 1.73. The Kier molecular flexibility index (Phi) is 4.24. The van der Waals surface area contributed by atoms with E-state index in [0.29, 0.717) is 6.04 Å². The molecule has 2 heterocycles. The van der Waals surface area contributed by atoms with Crippen LogP contribution in [0.3, 0.4) is 0 Å². The van der Waals surface area contributed by atoms with Gasteiger partial charge in [0.15, 0.2) is 0 Å². The van der Waals surface area contributed by atoms with E-state index in [9.17, 15) is 0 Å². The second kappa shape index (κ2) is 6.12. The fraction of sp³-hybridized carbons (Fsp3) is 0.333. The molecule has 1 atom stereocenters. The van der Waals surface area contributed by atoms with Crippen LogP contribution in [0.5, 0.6) is 0 Å². The maximum absolute atomic E-state index is 6.12. The number of halogens is 1. The number of hydrogen-bond donors (Lipinski definition) is 1. The topological polar surface area (TPSA) is 37.8 Å². The first-order chi connectivity index (χ1) is 9.72. The Morgan fingerprint density at radius 1 is 1.35 bits per heavy atom. The summed E-state index contributed by atoms with van der Waals surface area (Å²) in [4.78, 5) is 9.98. The van der Waals surface area contributed by atoms with Crippen molar-refractivity contribution in [3.05, 3.63) is 52.6 Å². The second-order valence-corrected chi connectivity index (χ2v) is 6.48. The zero-order valence-electron chi connectivity index (χ0n) is 11.3. The van der Waals surface area contributed by atoms with Crippen LogP contribution in [0.2, 0.25) is 5.02 Å². The molecule has 104 valence electrons. The molecule has 0 radical (unpaired) electrons. The van der Waals surface area contributed by atoms with E-state index in [1.165, 1.54) is 10.5 Å². The molecule has 0 spiro atoms. The van der Waals surface area contributed by atoms with Crippen LogP contribution in [0.4, 0.5) is 0 Å². The number of benzene rings is 1. The number of rotatable bonds is 3. The van der Waals surface area contributed by atoms with E-state index in [2.05, 4.69) is 27.4 Å². The molecule has 1 aromatic heterocycles. The quantitative estimate of drug-likeness (QED) is 0.937. The van der Waals surface area contributed by atoms with Crippen LogP contribution in [0, 0.1) is 6.92 Å². The Morgan fingerprint density at radius 3 is 3.05 bits per heavy atom. The summed E-state index contributed by atoms with van der Waals surface area (Å²) in [5, 5.41) is 4.37. The standard InChI is InChI=1S/C15H16ClN3S/c1-10-7-18-12(8-17-10)9-19-14-4-5-20-15-3-2-11(16)6-13(14)15/h2-3,6-8,14,19H,4-5,9H2,1H3. The third-order valence-electron chi connectivity index (χ3n) is 3.38. The minimum Gasteiger partial charge on any atom is -0.304 e. The molecule has 0 bridgehead atoms. The largest absolute Gasteiger partial charge is 0.304 e. The van der Waals surface area contributed by atoms with Gasteiger partial charge in [-0.25, -0.2) is 0 Å². The van der Waals surface area contributed by atoms with Gasteiger partial charge in [-0.05, 0) is 42.9 Å². The van der Waals surface area contributed by atoms with Crippen LogP contribution >= 0.6 is 23.4 Å². The molecular weight excluding hydrogens is 290 g/mol. The van der Waals surface area contributed by atoms with Crippen LogP contribution < -0.4 is 5.32 Å². The third-order valence-corrected chi connectivity index (χ3v) is 4.73. The predicted octanol–water partition coefficient (Wildman–Crippen LogP) is 3.77. The summed E-state index contributed by atoms with van der Waals surface area (Å²) in [6.07, 6.45) is 4.74. The Morgan fingerprint density at radius 2 is 2.25 bits per heavy atom. The van der Waals surface area contributed by atoms with Crippen molar-refractivity contribution in [1.29, 1.82) is 0 Å². The zero-order valence-corrected chi connectivity index (χ0v) is 12.8. The van der Waals surface area contributed by atoms with Gasteiger partial charge >= 0.3 is 0 Å². The van der Waals surface area contributed by atoms with E-state index < -0.39 is 0 Å². The number of aryl methyl sites for hydroxylation is 1. The summed E-state index contributed by atoms with van der Waals surface area (Å²) in [6, 6.07) is 6.48. The number of nitrogens with one attached hydrogen (secondary N) is 1. The van der Waals surface area contributed by atoms with Gasteiger partial charge in [-0.1, -0.05) is 11.6 Å². The number of nitrogens with zero attached hydrogens (tertiary/aromatic N) is 2. The molecule has 1 aromatic carbocycles. The van der Waals surface area contributed by atoms with Crippen molar-refractivity contribution in [2.24, 2.45) is 0 Å². The smallest absolute Gasteiger partial charge is 0.0724 e. The van der Waals surface area contributed by atoms with E-state index in [1.54, 1.807) is 6.20 Å². The first-order valence-electron chi connectivity index (χ1n) is 6.65. The highest BCUT2D eigenvalue weighted by molar-refractivity contribution is 7.99. The third kappa shape index (κ3) is 3.14. The summed E-state index contributed by atoms with van der Waals surface area (Å²) >= 11 is 8.02. The molecule has 2 aromatic rings. The molecule has 0 amide bonds. The van der Waals surface area contributed by atoms with Crippen molar-refractivity contribution in [3.63, 3.8) is 0 Å². The lowest BCUT2D eigenvalue weighted by atomic mass is 10.0. The van der Waals surface area contributed by atoms with Crippen LogP contribution in [-0.2, 0) is 6.54 Å². The van der Waals surface area contributed by atoms with Crippen LogP contribution in [0.15, 0.2) is 35.5 Å². The number of thioether (sulfide) groups is 1. The van der Waals surface area contributed by atoms with Gasteiger partial charge in [0.2, 0.25) is 0 Å². The maximum atomic E-state index is 6.12. The molecule has 3 rings (SSSR count). The molecular formula is C15H16ClN3S. The highest BCUT2D eigenvalue weighted by Crippen LogP contribution is 2.37. The van der Waals surface area contributed by atoms with Gasteiger partial charge in [-0.15, -0.1) is 11.8 Å². The molecule has 0 aliphatic carbocycles. The van der Waals surface area contributed by atoms with Gasteiger partial charge in [-0.3, -0.25) is 9.97 Å². The number of fused-ring (bicyclic) bond motifs is 1. The van der Waals surface area contributed by atoms with Crippen molar-refractivity contribution in [3.8, 4) is 0 Å². The Labute approximate surface area is 128 Å². The predicted molar refractivity (Wildman–Crippen MR) is 83.1 cm³/mol. The molecule has 1 N–H and O–H groups in total. The van der Waals surface area contributed by atoms with E-state index in [0.717, 1.165) is 35.1 Å². The molecule has 0 saturated heterocycles. The number of aromatic nitrogens is 2. The minimum absolute atomic E-state index is 0.341. The highest BCUT2D eigenvalue weighted by atomic mass is 35.5. The van der Waals surface area contributed by atoms with E-state index in [-0.39, 0.29) is 0 Å². The van der Waals surface area contributed by atoms with Crippen molar-refractivity contribution in [2.45, 2.75) is 30.8 Å².